The van der Waals surface area contributed by atoms with Gasteiger partial charge < -0.3 is 4.74 Å². The molecule has 2 rings (SSSR count). The van der Waals surface area contributed by atoms with Crippen molar-refractivity contribution >= 4 is 11.6 Å². The SMILES string of the molecule is COc1cccc(CN(CCCl)C2CCCC2)c1. The van der Waals surface area contributed by atoms with Gasteiger partial charge in [0.25, 0.3) is 0 Å². The number of rotatable bonds is 6. The topological polar surface area (TPSA) is 12.5 Å². The number of alkyl halides is 1. The van der Waals surface area contributed by atoms with E-state index in [2.05, 4.69) is 23.1 Å². The Labute approximate surface area is 115 Å². The fraction of sp³-hybridized carbons (Fsp3) is 0.600. The molecule has 0 N–H and O–H groups in total. The van der Waals surface area contributed by atoms with Gasteiger partial charge in [-0.2, -0.15) is 0 Å². The lowest BCUT2D eigenvalue weighted by Crippen LogP contribution is -2.34. The highest BCUT2D eigenvalue weighted by Gasteiger charge is 2.22. The zero-order valence-electron chi connectivity index (χ0n) is 11.1. The Hall–Kier alpha value is -0.730. The first kappa shape index (κ1) is 13.7. The summed E-state index contributed by atoms with van der Waals surface area (Å²) in [6, 6.07) is 9.05. The van der Waals surface area contributed by atoms with E-state index in [1.165, 1.54) is 31.2 Å². The molecule has 0 atom stereocenters. The van der Waals surface area contributed by atoms with E-state index in [-0.39, 0.29) is 0 Å². The molecule has 1 aromatic rings. The van der Waals surface area contributed by atoms with E-state index in [1.807, 2.05) is 6.07 Å². The predicted molar refractivity (Wildman–Crippen MR) is 76.4 cm³/mol. The van der Waals surface area contributed by atoms with Crippen LogP contribution in [0.15, 0.2) is 24.3 Å². The van der Waals surface area contributed by atoms with E-state index in [0.717, 1.165) is 24.9 Å². The third kappa shape index (κ3) is 3.63. The van der Waals surface area contributed by atoms with Gasteiger partial charge in [0.2, 0.25) is 0 Å². The second-order valence-corrected chi connectivity index (χ2v) is 5.33. The van der Waals surface area contributed by atoms with Crippen LogP contribution in [0.3, 0.4) is 0 Å². The maximum Gasteiger partial charge on any atom is 0.119 e. The summed E-state index contributed by atoms with van der Waals surface area (Å²) in [4.78, 5) is 2.52. The number of hydrogen-bond donors (Lipinski definition) is 0. The van der Waals surface area contributed by atoms with E-state index in [4.69, 9.17) is 16.3 Å². The van der Waals surface area contributed by atoms with Gasteiger partial charge >= 0.3 is 0 Å². The van der Waals surface area contributed by atoms with Crippen molar-refractivity contribution in [2.75, 3.05) is 19.5 Å². The number of ether oxygens (including phenoxy) is 1. The molecule has 0 amide bonds. The van der Waals surface area contributed by atoms with Crippen LogP contribution in [0, 0.1) is 0 Å². The van der Waals surface area contributed by atoms with Crippen molar-refractivity contribution in [3.63, 3.8) is 0 Å². The normalized spacial score (nSPS) is 16.4. The van der Waals surface area contributed by atoms with Crippen molar-refractivity contribution in [2.24, 2.45) is 0 Å². The van der Waals surface area contributed by atoms with Crippen LogP contribution in [0.1, 0.15) is 31.2 Å². The molecule has 0 spiro atoms. The molecule has 0 aliphatic heterocycles. The van der Waals surface area contributed by atoms with Crippen LogP contribution in [-0.2, 0) is 6.54 Å². The molecule has 1 aliphatic rings. The van der Waals surface area contributed by atoms with E-state index < -0.39 is 0 Å². The molecule has 1 aromatic carbocycles. The highest BCUT2D eigenvalue weighted by atomic mass is 35.5. The Kier molecular flexibility index (Phi) is 5.33. The molecule has 0 saturated heterocycles. The molecule has 0 radical (unpaired) electrons. The lowest BCUT2D eigenvalue weighted by Gasteiger charge is -2.28. The van der Waals surface area contributed by atoms with Gasteiger partial charge in [-0.25, -0.2) is 0 Å². The maximum absolute atomic E-state index is 5.93. The van der Waals surface area contributed by atoms with Crippen LogP contribution in [-0.4, -0.2) is 30.5 Å². The minimum absolute atomic E-state index is 0.709. The fourth-order valence-electron chi connectivity index (χ4n) is 2.77. The minimum Gasteiger partial charge on any atom is -0.497 e. The Morgan fingerprint density at radius 1 is 1.33 bits per heavy atom. The molecule has 2 nitrogen and oxygen atoms in total. The second-order valence-electron chi connectivity index (χ2n) is 4.95. The zero-order valence-corrected chi connectivity index (χ0v) is 11.8. The lowest BCUT2D eigenvalue weighted by atomic mass is 10.1. The summed E-state index contributed by atoms with van der Waals surface area (Å²) in [6.45, 7) is 1.96. The summed E-state index contributed by atoms with van der Waals surface area (Å²) in [7, 11) is 1.71. The Balaban J connectivity index is 2.02. The van der Waals surface area contributed by atoms with Crippen LogP contribution in [0.5, 0.6) is 5.75 Å². The van der Waals surface area contributed by atoms with Gasteiger partial charge in [-0.15, -0.1) is 11.6 Å². The third-order valence-corrected chi connectivity index (χ3v) is 3.90. The summed E-state index contributed by atoms with van der Waals surface area (Å²) >= 11 is 5.93. The first-order valence-electron chi connectivity index (χ1n) is 6.76. The van der Waals surface area contributed by atoms with Crippen molar-refractivity contribution in [2.45, 2.75) is 38.3 Å². The predicted octanol–water partition coefficient (Wildman–Crippen LogP) is 3.68. The van der Waals surface area contributed by atoms with E-state index in [1.54, 1.807) is 7.11 Å². The Morgan fingerprint density at radius 3 is 2.78 bits per heavy atom. The molecule has 18 heavy (non-hydrogen) atoms. The average Bonchev–Trinajstić information content (AvgIpc) is 2.92. The monoisotopic (exact) mass is 267 g/mol. The molecule has 1 fully saturated rings. The molecule has 1 aliphatic carbocycles. The molecule has 3 heteroatoms. The highest BCUT2D eigenvalue weighted by Crippen LogP contribution is 2.25. The van der Waals surface area contributed by atoms with Crippen molar-refractivity contribution < 1.29 is 4.74 Å². The lowest BCUT2D eigenvalue weighted by molar-refractivity contribution is 0.201. The first-order chi connectivity index (χ1) is 8.83. The van der Waals surface area contributed by atoms with E-state index >= 15 is 0 Å². The molecular formula is C15H22ClNO. The highest BCUT2D eigenvalue weighted by molar-refractivity contribution is 6.18. The maximum atomic E-state index is 5.93. The van der Waals surface area contributed by atoms with E-state index in [0.29, 0.717) is 5.88 Å². The van der Waals surface area contributed by atoms with Gasteiger partial charge in [0.1, 0.15) is 5.75 Å². The second kappa shape index (κ2) is 7.01. The quantitative estimate of drug-likeness (QED) is 0.729. The van der Waals surface area contributed by atoms with Gasteiger partial charge in [-0.1, -0.05) is 25.0 Å². The van der Waals surface area contributed by atoms with Crippen LogP contribution in [0.4, 0.5) is 0 Å². The molecular weight excluding hydrogens is 246 g/mol. The van der Waals surface area contributed by atoms with Crippen LogP contribution < -0.4 is 4.74 Å². The summed E-state index contributed by atoms with van der Waals surface area (Å²) < 4.78 is 5.28. The number of methoxy groups -OCH3 is 1. The number of nitrogens with zero attached hydrogens (tertiary/aromatic N) is 1. The Bertz CT molecular complexity index is 363. The molecule has 0 heterocycles. The van der Waals surface area contributed by atoms with Crippen molar-refractivity contribution in [1.82, 2.24) is 4.90 Å². The molecule has 0 aromatic heterocycles. The summed E-state index contributed by atoms with van der Waals surface area (Å²) in [5.41, 5.74) is 1.31. The first-order valence-corrected chi connectivity index (χ1v) is 7.30. The Morgan fingerprint density at radius 2 is 2.11 bits per heavy atom. The fourth-order valence-corrected chi connectivity index (χ4v) is 2.99. The number of benzene rings is 1. The van der Waals surface area contributed by atoms with Crippen LogP contribution >= 0.6 is 11.6 Å². The van der Waals surface area contributed by atoms with Crippen LogP contribution in [0.2, 0.25) is 0 Å². The zero-order chi connectivity index (χ0) is 12.8. The van der Waals surface area contributed by atoms with E-state index in [9.17, 15) is 0 Å². The van der Waals surface area contributed by atoms with Gasteiger partial charge in [0.05, 0.1) is 7.11 Å². The molecule has 1 saturated carbocycles. The summed E-state index contributed by atoms with van der Waals surface area (Å²) in [5, 5.41) is 0. The van der Waals surface area contributed by atoms with Crippen molar-refractivity contribution in [1.29, 1.82) is 0 Å². The van der Waals surface area contributed by atoms with Gasteiger partial charge in [0, 0.05) is 25.0 Å². The number of hydrogen-bond acceptors (Lipinski definition) is 2. The van der Waals surface area contributed by atoms with Crippen molar-refractivity contribution in [3.05, 3.63) is 29.8 Å². The summed E-state index contributed by atoms with van der Waals surface area (Å²) in [6.07, 6.45) is 5.37. The molecule has 0 bridgehead atoms. The standard InChI is InChI=1S/C15H22ClNO/c1-18-15-8-4-5-13(11-15)12-17(10-9-16)14-6-2-3-7-14/h4-5,8,11,14H,2-3,6-7,9-10,12H2,1H3. The minimum atomic E-state index is 0.709. The van der Waals surface area contributed by atoms with Gasteiger partial charge in [-0.3, -0.25) is 4.90 Å². The third-order valence-electron chi connectivity index (χ3n) is 3.73. The smallest absolute Gasteiger partial charge is 0.119 e. The molecule has 100 valence electrons. The average molecular weight is 268 g/mol. The molecule has 0 unspecified atom stereocenters. The summed E-state index contributed by atoms with van der Waals surface area (Å²) in [5.74, 6) is 1.64. The van der Waals surface area contributed by atoms with Gasteiger partial charge in [-0.05, 0) is 30.5 Å². The number of halogens is 1. The van der Waals surface area contributed by atoms with Crippen molar-refractivity contribution in [3.8, 4) is 5.75 Å². The van der Waals surface area contributed by atoms with Crippen LogP contribution in [0.25, 0.3) is 0 Å². The largest absolute Gasteiger partial charge is 0.497 e. The van der Waals surface area contributed by atoms with Gasteiger partial charge in [0.15, 0.2) is 0 Å².